The molecule has 0 saturated carbocycles. The number of amides is 1. The average molecular weight is 1160 g/mol. The van der Waals surface area contributed by atoms with Gasteiger partial charge in [-0.3, -0.25) is 14.3 Å². The summed E-state index contributed by atoms with van der Waals surface area (Å²) in [4.78, 5) is 57.7. The van der Waals surface area contributed by atoms with E-state index in [9.17, 15) is 23.4 Å². The van der Waals surface area contributed by atoms with Crippen molar-refractivity contribution in [3.8, 4) is 11.8 Å². The zero-order valence-corrected chi connectivity index (χ0v) is 49.0. The molecule has 0 radical (unpaired) electrons. The molecule has 2 aromatic carbocycles. The lowest BCUT2D eigenvalue weighted by atomic mass is 9.81. The molecule has 20 nitrogen and oxygen atoms in total. The minimum absolute atomic E-state index is 0.0867. The van der Waals surface area contributed by atoms with E-state index in [1.807, 2.05) is 19.1 Å². The number of allylic oxidation sites excluding steroid dienone is 6. The number of rotatable bonds is 26. The number of fused-ring (bicyclic) bond motifs is 2. The number of anilines is 1. The minimum atomic E-state index is -5.57. The van der Waals surface area contributed by atoms with Gasteiger partial charge in [-0.25, -0.2) is 13.7 Å². The van der Waals surface area contributed by atoms with Crippen LogP contribution in [0.4, 0.5) is 11.4 Å². The second kappa shape index (κ2) is 28.6. The minimum Gasteiger partial charge on any atom is -0.370 e. The molecule has 0 spiro atoms. The highest BCUT2D eigenvalue weighted by Gasteiger charge is 2.43. The number of nitrogens with one attached hydrogen (secondary N) is 1. The molecule has 5 atom stereocenters. The van der Waals surface area contributed by atoms with E-state index < -0.39 is 42.3 Å². The largest absolute Gasteiger partial charge is 0.490 e. The van der Waals surface area contributed by atoms with Crippen molar-refractivity contribution in [1.29, 1.82) is 0 Å². The molecular formula is C49H70ClN6O14P3S2. The van der Waals surface area contributed by atoms with E-state index in [4.69, 9.17) is 51.0 Å². The highest BCUT2D eigenvalue weighted by atomic mass is 35.5. The summed E-state index contributed by atoms with van der Waals surface area (Å²) >= 11 is 6.83. The van der Waals surface area contributed by atoms with Gasteiger partial charge in [-0.1, -0.05) is 114 Å². The van der Waals surface area contributed by atoms with Crippen LogP contribution >= 0.6 is 56.7 Å². The number of phosphoric acid groups is 3. The lowest BCUT2D eigenvalue weighted by molar-refractivity contribution is -0.121. The maximum atomic E-state index is 12.7. The zero-order chi connectivity index (χ0) is 55.8. The smallest absolute Gasteiger partial charge is 0.370 e. The van der Waals surface area contributed by atoms with Gasteiger partial charge in [-0.05, 0) is 107 Å². The summed E-state index contributed by atoms with van der Waals surface area (Å²) in [6.45, 7) is 22.1. The molecule has 3 heterocycles. The van der Waals surface area contributed by atoms with Crippen LogP contribution in [-0.2, 0) is 56.7 Å². The molecule has 0 aromatic heterocycles. The van der Waals surface area contributed by atoms with Crippen molar-refractivity contribution >= 4 is 79.7 Å². The Hall–Kier alpha value is -3.25. The lowest BCUT2D eigenvalue weighted by Crippen LogP contribution is -2.35. The van der Waals surface area contributed by atoms with Crippen molar-refractivity contribution < 1.29 is 65.4 Å². The van der Waals surface area contributed by atoms with Gasteiger partial charge < -0.3 is 44.0 Å². The molecule has 26 heteroatoms. The Bertz CT molecular complexity index is 2720. The van der Waals surface area contributed by atoms with Crippen LogP contribution in [0.2, 0.25) is 0 Å². The van der Waals surface area contributed by atoms with Crippen LogP contribution in [0.5, 0.6) is 0 Å². The third-order valence-electron chi connectivity index (χ3n) is 11.9. The first kappa shape index (κ1) is 64.3. The Morgan fingerprint density at radius 2 is 1.73 bits per heavy atom. The highest BCUT2D eigenvalue weighted by molar-refractivity contribution is 8.77. The Labute approximate surface area is 453 Å². The molecule has 75 heavy (non-hydrogen) atoms. The van der Waals surface area contributed by atoms with E-state index in [0.29, 0.717) is 37.0 Å². The van der Waals surface area contributed by atoms with Crippen molar-refractivity contribution in [2.45, 2.75) is 135 Å². The predicted molar refractivity (Wildman–Crippen MR) is 297 cm³/mol. The van der Waals surface area contributed by atoms with Gasteiger partial charge in [-0.2, -0.15) is 8.62 Å². The first-order valence-electron chi connectivity index (χ1n) is 23.9. The Morgan fingerprint density at radius 3 is 2.41 bits per heavy atom. The van der Waals surface area contributed by atoms with Gasteiger partial charge >= 0.3 is 23.5 Å². The van der Waals surface area contributed by atoms with Crippen molar-refractivity contribution in [3.63, 3.8) is 0 Å². The molecule has 2 aromatic rings. The molecule has 1 amide bonds. The summed E-state index contributed by atoms with van der Waals surface area (Å²) in [5.41, 5.74) is 17.4. The summed E-state index contributed by atoms with van der Waals surface area (Å²) in [5, 5.41) is 6.95. The maximum absolute atomic E-state index is 12.7. The Morgan fingerprint density at radius 1 is 1.04 bits per heavy atom. The van der Waals surface area contributed by atoms with Gasteiger partial charge in [0.25, 0.3) is 0 Å². The summed E-state index contributed by atoms with van der Waals surface area (Å²) in [6.07, 6.45) is 10.0. The van der Waals surface area contributed by atoms with Gasteiger partial charge in [0.1, 0.15) is 25.4 Å². The van der Waals surface area contributed by atoms with Crippen LogP contribution in [-0.4, -0.2) is 93.2 Å². The molecule has 1 saturated heterocycles. The molecule has 5 N–H and O–H groups in total. The number of ether oxygens (including phenoxy) is 3. The molecule has 0 bridgehead atoms. The third kappa shape index (κ3) is 20.8. The number of halogens is 1. The predicted octanol–water partition coefficient (Wildman–Crippen LogP) is 12.0. The average Bonchev–Trinajstić information content (AvgIpc) is 3.86. The van der Waals surface area contributed by atoms with Crippen LogP contribution in [0.3, 0.4) is 0 Å². The second-order valence-corrected chi connectivity index (χ2v) is 27.3. The number of azide groups is 1. The SMILES string of the molecule is CC#CCOCSSC(C)(C)CNC(=O)CCCCCN1/C(=C/C=C(Cl)/C=C/C2=Nc3ccc(C)cc3C2(C)C)C(C)(C)c2cc(C)ccc21.C[C@H]1CC(OCN=[N+]=[N-])[C@@H](COP(=O)(O)OP(=O)(O)OP(=O)(O)O)O1. The van der Waals surface area contributed by atoms with E-state index >= 15 is 0 Å². The number of nitrogens with zero attached hydrogens (tertiary/aromatic N) is 5. The molecule has 3 unspecified atom stereocenters. The number of benzene rings is 2. The molecule has 3 aliphatic rings. The fraction of sp³-hybridized carbons (Fsp3) is 0.551. The van der Waals surface area contributed by atoms with Gasteiger partial charge in [0.15, 0.2) is 0 Å². The molecule has 0 aliphatic carbocycles. The summed E-state index contributed by atoms with van der Waals surface area (Å²) in [5.74, 6) is 6.42. The maximum Gasteiger partial charge on any atom is 0.490 e. The van der Waals surface area contributed by atoms with Gasteiger partial charge in [-0.15, -0.1) is 5.92 Å². The monoisotopic (exact) mass is 1160 g/mol. The fourth-order valence-electron chi connectivity index (χ4n) is 8.22. The Balaban J connectivity index is 0.000000409. The molecular weight excluding hydrogens is 1090 g/mol. The van der Waals surface area contributed by atoms with Crippen LogP contribution < -0.4 is 10.2 Å². The summed E-state index contributed by atoms with van der Waals surface area (Å²) in [6, 6.07) is 13.2. The van der Waals surface area contributed by atoms with Crippen molar-refractivity contribution in [3.05, 3.63) is 104 Å². The highest BCUT2D eigenvalue weighted by Crippen LogP contribution is 2.66. The number of hydrogen-bond donors (Lipinski definition) is 5. The summed E-state index contributed by atoms with van der Waals surface area (Å²) in [7, 11) is -12.9. The topological polar surface area (TPSA) is 281 Å². The van der Waals surface area contributed by atoms with Crippen molar-refractivity contribution in [2.24, 2.45) is 10.1 Å². The van der Waals surface area contributed by atoms with Gasteiger partial charge in [0.05, 0.1) is 30.2 Å². The second-order valence-electron chi connectivity index (χ2n) is 19.5. The summed E-state index contributed by atoms with van der Waals surface area (Å²) < 4.78 is 60.8. The van der Waals surface area contributed by atoms with E-state index in [0.717, 1.165) is 37.2 Å². The number of carbonyl (C=O) groups excluding carboxylic acids is 1. The molecule has 5 rings (SSSR count). The van der Waals surface area contributed by atoms with E-state index in [1.165, 1.54) is 33.6 Å². The number of unbranched alkanes of at least 4 members (excludes halogenated alkanes) is 2. The van der Waals surface area contributed by atoms with Crippen LogP contribution in [0, 0.1) is 25.7 Å². The van der Waals surface area contributed by atoms with Crippen LogP contribution in [0.15, 0.2) is 81.5 Å². The molecule has 3 aliphatic heterocycles. The zero-order valence-electron chi connectivity index (χ0n) is 43.9. The fourth-order valence-corrected chi connectivity index (χ4v) is 13.5. The van der Waals surface area contributed by atoms with Crippen LogP contribution in [0.25, 0.3) is 10.4 Å². The Kier molecular flexibility index (Phi) is 24.5. The van der Waals surface area contributed by atoms with Crippen molar-refractivity contribution in [2.75, 3.05) is 43.9 Å². The standard InChI is InChI=1S/C42H54ClN3O2S2.C7H16N3O12P3/c1-10-11-25-48-29-49-50-40(4,5)28-44-39(47)15-13-12-14-24-46-36-21-17-31(3)27-34(36)42(8,9)38(46)23-19-32(43)18-22-37-41(6,7)33-26-30(2)16-20-35(33)45-37;1-5-2-6(18-4-9-10-8)7(20-5)3-19-24(14,15)22-25(16,17)21-23(11,12)13/h16-23,26-27H,12-15,24-25,28-29H2,1-9H3,(H,44,47);5-7H,2-4H2,1H3,(H,14,15)(H,16,17)(H2,11,12,13)/b22-18+,32-19-,38-23+;/t;5-,6?,7+/m.0/s1. The number of phosphoric ester groups is 1. The molecule has 1 fully saturated rings. The number of aliphatic imine (C=N–C) groups is 1. The number of hydrogen-bond acceptors (Lipinski definition) is 15. The van der Waals surface area contributed by atoms with Crippen LogP contribution in [0.1, 0.15) is 110 Å². The first-order chi connectivity index (χ1) is 35.0. The number of carbonyl (C=O) groups is 1. The van der Waals surface area contributed by atoms with E-state index in [2.05, 4.69) is 149 Å². The normalized spacial score (nSPS) is 21.0. The third-order valence-corrected chi connectivity index (χ3v) is 19.0. The lowest BCUT2D eigenvalue weighted by Gasteiger charge is -2.27. The van der Waals surface area contributed by atoms with Crippen molar-refractivity contribution in [1.82, 2.24) is 5.32 Å². The van der Waals surface area contributed by atoms with E-state index in [-0.39, 0.29) is 34.3 Å². The quantitative estimate of drug-likeness (QED) is 0.00673. The first-order valence-corrected chi connectivity index (χ1v) is 31.2. The van der Waals surface area contributed by atoms with Gasteiger partial charge in [0.2, 0.25) is 5.91 Å². The number of aryl methyl sites for hydroxylation is 2. The van der Waals surface area contributed by atoms with E-state index in [1.54, 1.807) is 28.5 Å². The molecule has 414 valence electrons. The van der Waals surface area contributed by atoms with Gasteiger partial charge in [0, 0.05) is 62.8 Å².